The summed E-state index contributed by atoms with van der Waals surface area (Å²) in [6, 6.07) is 7.70. The number of fused-ring (bicyclic) bond motifs is 2. The van der Waals surface area contributed by atoms with Crippen LogP contribution in [0.1, 0.15) is 63.4 Å². The predicted molar refractivity (Wildman–Crippen MR) is 109 cm³/mol. The fourth-order valence-electron chi connectivity index (χ4n) is 4.29. The van der Waals surface area contributed by atoms with Crippen LogP contribution in [-0.4, -0.2) is 29.3 Å². The Morgan fingerprint density at radius 1 is 1.25 bits per heavy atom. The molecule has 2 heterocycles. The van der Waals surface area contributed by atoms with Crippen molar-refractivity contribution in [3.8, 4) is 11.8 Å². The van der Waals surface area contributed by atoms with Gasteiger partial charge < -0.3 is 9.47 Å². The van der Waals surface area contributed by atoms with Crippen molar-refractivity contribution in [3.05, 3.63) is 41.6 Å². The molecule has 1 saturated heterocycles. The van der Waals surface area contributed by atoms with Gasteiger partial charge in [-0.15, -0.1) is 0 Å². The molecule has 146 valence electrons. The van der Waals surface area contributed by atoms with E-state index in [0.29, 0.717) is 12.2 Å². The van der Waals surface area contributed by atoms with E-state index >= 15 is 0 Å². The van der Waals surface area contributed by atoms with Gasteiger partial charge in [-0.2, -0.15) is 0 Å². The van der Waals surface area contributed by atoms with Gasteiger partial charge in [-0.25, -0.2) is 4.79 Å². The SMILES string of the molecule is CCOC(=O)c1cnc2ccc(C#CC34OC3C(C)(C)CCC4(C)C)cc2c1. The van der Waals surface area contributed by atoms with Gasteiger partial charge in [-0.1, -0.05) is 39.5 Å². The molecule has 2 aliphatic rings. The lowest BCUT2D eigenvalue weighted by Gasteiger charge is -2.39. The first-order valence-electron chi connectivity index (χ1n) is 9.96. The number of hydrogen-bond acceptors (Lipinski definition) is 4. The van der Waals surface area contributed by atoms with Crippen molar-refractivity contribution in [2.75, 3.05) is 6.61 Å². The van der Waals surface area contributed by atoms with Crippen LogP contribution in [0, 0.1) is 22.7 Å². The Morgan fingerprint density at radius 3 is 2.79 bits per heavy atom. The van der Waals surface area contributed by atoms with Crippen LogP contribution < -0.4 is 0 Å². The number of epoxide rings is 1. The average Bonchev–Trinajstić information content (AvgIpc) is 3.42. The molecule has 4 heteroatoms. The second-order valence-electron chi connectivity index (χ2n) is 9.21. The van der Waals surface area contributed by atoms with Gasteiger partial charge in [0.05, 0.1) is 17.7 Å². The molecule has 1 aromatic heterocycles. The van der Waals surface area contributed by atoms with Crippen molar-refractivity contribution < 1.29 is 14.3 Å². The molecule has 0 radical (unpaired) electrons. The largest absolute Gasteiger partial charge is 0.462 e. The number of nitrogens with zero attached hydrogens (tertiary/aromatic N) is 1. The summed E-state index contributed by atoms with van der Waals surface area (Å²) < 4.78 is 11.3. The van der Waals surface area contributed by atoms with E-state index in [1.54, 1.807) is 13.1 Å². The third kappa shape index (κ3) is 2.99. The number of benzene rings is 1. The van der Waals surface area contributed by atoms with Crippen molar-refractivity contribution in [3.63, 3.8) is 0 Å². The molecular weight excluding hydrogens is 350 g/mol. The molecular formula is C24H27NO3. The lowest BCUT2D eigenvalue weighted by molar-refractivity contribution is 0.0526. The molecule has 1 aromatic carbocycles. The molecule has 1 aliphatic carbocycles. The summed E-state index contributed by atoms with van der Waals surface area (Å²) in [4.78, 5) is 16.3. The lowest BCUT2D eigenvalue weighted by Crippen LogP contribution is -2.43. The van der Waals surface area contributed by atoms with Crippen molar-refractivity contribution in [1.29, 1.82) is 0 Å². The number of carbonyl (C=O) groups excluding carboxylic acids is 1. The van der Waals surface area contributed by atoms with E-state index in [4.69, 9.17) is 9.47 Å². The Hall–Kier alpha value is -2.38. The maximum Gasteiger partial charge on any atom is 0.339 e. The maximum absolute atomic E-state index is 12.0. The fraction of sp³-hybridized carbons (Fsp3) is 0.500. The Labute approximate surface area is 166 Å². The zero-order valence-electron chi connectivity index (χ0n) is 17.3. The van der Waals surface area contributed by atoms with Crippen LogP contribution in [-0.2, 0) is 9.47 Å². The highest BCUT2D eigenvalue weighted by molar-refractivity contribution is 5.93. The van der Waals surface area contributed by atoms with Crippen LogP contribution in [0.5, 0.6) is 0 Å². The van der Waals surface area contributed by atoms with Crippen LogP contribution in [0.2, 0.25) is 0 Å². The van der Waals surface area contributed by atoms with Crippen molar-refractivity contribution in [1.82, 2.24) is 4.98 Å². The van der Waals surface area contributed by atoms with E-state index in [-0.39, 0.29) is 28.5 Å². The first-order valence-corrected chi connectivity index (χ1v) is 9.96. The second kappa shape index (κ2) is 6.32. The molecule has 0 N–H and O–H groups in total. The summed E-state index contributed by atoms with van der Waals surface area (Å²) in [7, 11) is 0. The quantitative estimate of drug-likeness (QED) is 0.431. The molecule has 2 atom stereocenters. The zero-order chi connectivity index (χ0) is 20.2. The second-order valence-corrected chi connectivity index (χ2v) is 9.21. The number of esters is 1. The summed E-state index contributed by atoms with van der Waals surface area (Å²) in [6.45, 7) is 11.2. The smallest absolute Gasteiger partial charge is 0.339 e. The van der Waals surface area contributed by atoms with Gasteiger partial charge in [0.1, 0.15) is 6.10 Å². The summed E-state index contributed by atoms with van der Waals surface area (Å²) in [5.41, 5.74) is 2.02. The van der Waals surface area contributed by atoms with Crippen molar-refractivity contribution >= 4 is 16.9 Å². The summed E-state index contributed by atoms with van der Waals surface area (Å²) in [5, 5.41) is 0.881. The summed E-state index contributed by atoms with van der Waals surface area (Å²) in [6.07, 6.45) is 4.01. The van der Waals surface area contributed by atoms with E-state index in [2.05, 4.69) is 44.5 Å². The summed E-state index contributed by atoms with van der Waals surface area (Å²) >= 11 is 0. The highest BCUT2D eigenvalue weighted by Gasteiger charge is 2.71. The van der Waals surface area contributed by atoms with Crippen molar-refractivity contribution in [2.24, 2.45) is 10.8 Å². The molecule has 2 fully saturated rings. The maximum atomic E-state index is 12.0. The summed E-state index contributed by atoms with van der Waals surface area (Å²) in [5.74, 6) is 6.46. The molecule has 1 aliphatic heterocycles. The molecule has 4 rings (SSSR count). The zero-order valence-corrected chi connectivity index (χ0v) is 17.3. The topological polar surface area (TPSA) is 51.7 Å². The molecule has 4 nitrogen and oxygen atoms in total. The Bertz CT molecular complexity index is 1010. The number of carbonyl (C=O) groups is 1. The Morgan fingerprint density at radius 2 is 2.04 bits per heavy atom. The van der Waals surface area contributed by atoms with Crippen LogP contribution >= 0.6 is 0 Å². The minimum atomic E-state index is -0.366. The van der Waals surface area contributed by atoms with Crippen LogP contribution in [0.3, 0.4) is 0 Å². The third-order valence-electron chi connectivity index (χ3n) is 6.31. The first kappa shape index (κ1) is 19.0. The standard InChI is InChI=1S/C24H27NO3/c1-6-27-20(26)18-14-17-13-16(7-8-19(17)25-15-18)9-10-24-21(28-24)22(2,3)11-12-23(24,4)5/h7-8,13-15,21H,6,11-12H2,1-5H3. The Balaban J connectivity index is 1.67. The predicted octanol–water partition coefficient (Wildman–Crippen LogP) is 4.75. The number of ether oxygens (including phenoxy) is 2. The first-order chi connectivity index (χ1) is 13.2. The average molecular weight is 377 g/mol. The van der Waals surface area contributed by atoms with E-state index in [0.717, 1.165) is 29.3 Å². The van der Waals surface area contributed by atoms with Gasteiger partial charge in [0, 0.05) is 22.6 Å². The molecule has 1 saturated carbocycles. The number of aromatic nitrogens is 1. The number of rotatable bonds is 2. The molecule has 28 heavy (non-hydrogen) atoms. The highest BCUT2D eigenvalue weighted by atomic mass is 16.6. The Kier molecular flexibility index (Phi) is 4.28. The molecule has 0 spiro atoms. The van der Waals surface area contributed by atoms with Gasteiger partial charge >= 0.3 is 5.97 Å². The van der Waals surface area contributed by atoms with Crippen LogP contribution in [0.15, 0.2) is 30.5 Å². The molecule has 0 amide bonds. The van der Waals surface area contributed by atoms with E-state index in [9.17, 15) is 4.79 Å². The van der Waals surface area contributed by atoms with Gasteiger partial charge in [0.2, 0.25) is 0 Å². The van der Waals surface area contributed by atoms with Crippen molar-refractivity contribution in [2.45, 2.75) is 59.2 Å². The van der Waals surface area contributed by atoms with E-state index in [1.165, 1.54) is 0 Å². The van der Waals surface area contributed by atoms with Gasteiger partial charge in [-0.3, -0.25) is 4.98 Å². The third-order valence-corrected chi connectivity index (χ3v) is 6.31. The minimum Gasteiger partial charge on any atom is -0.462 e. The van der Waals surface area contributed by atoms with Crippen LogP contribution in [0.25, 0.3) is 10.9 Å². The minimum absolute atomic E-state index is 0.0374. The molecule has 0 bridgehead atoms. The number of pyridine rings is 1. The van der Waals surface area contributed by atoms with Gasteiger partial charge in [-0.05, 0) is 49.4 Å². The van der Waals surface area contributed by atoms with Crippen LogP contribution in [0.4, 0.5) is 0 Å². The van der Waals surface area contributed by atoms with E-state index in [1.807, 2.05) is 24.3 Å². The normalized spacial score (nSPS) is 26.7. The van der Waals surface area contributed by atoms with Gasteiger partial charge in [0.15, 0.2) is 5.60 Å². The monoisotopic (exact) mass is 377 g/mol. The number of hydrogen-bond donors (Lipinski definition) is 0. The fourth-order valence-corrected chi connectivity index (χ4v) is 4.29. The highest BCUT2D eigenvalue weighted by Crippen LogP contribution is 2.63. The lowest BCUT2D eigenvalue weighted by atomic mass is 9.61. The molecule has 2 unspecified atom stereocenters. The van der Waals surface area contributed by atoms with Gasteiger partial charge in [0.25, 0.3) is 0 Å². The molecule has 2 aromatic rings. The van der Waals surface area contributed by atoms with E-state index < -0.39 is 0 Å².